The van der Waals surface area contributed by atoms with Crippen molar-refractivity contribution in [2.75, 3.05) is 31.1 Å². The van der Waals surface area contributed by atoms with Crippen molar-refractivity contribution in [2.24, 2.45) is 7.05 Å². The average Bonchev–Trinajstić information content (AvgIpc) is 3.15. The number of hydrogen-bond donors (Lipinski definition) is 1. The summed E-state index contributed by atoms with van der Waals surface area (Å²) in [6.07, 6.45) is 6.04. The summed E-state index contributed by atoms with van der Waals surface area (Å²) in [5, 5.41) is 10.9. The number of imidazole rings is 1. The number of hydrogen-bond acceptors (Lipinski definition) is 5. The molecule has 0 radical (unpaired) electrons. The molecule has 3 aromatic rings. The van der Waals surface area contributed by atoms with E-state index in [1.165, 1.54) is 11.6 Å². The van der Waals surface area contributed by atoms with Gasteiger partial charge < -0.3 is 14.6 Å². The van der Waals surface area contributed by atoms with Crippen LogP contribution in [0, 0.1) is 5.82 Å². The van der Waals surface area contributed by atoms with E-state index >= 15 is 0 Å². The molecule has 7 heteroatoms. The van der Waals surface area contributed by atoms with Gasteiger partial charge in [0.15, 0.2) is 0 Å². The molecule has 1 saturated heterocycles. The first kappa shape index (κ1) is 18.6. The van der Waals surface area contributed by atoms with Crippen molar-refractivity contribution in [3.63, 3.8) is 0 Å². The minimum Gasteiger partial charge on any atom is -0.380 e. The van der Waals surface area contributed by atoms with Gasteiger partial charge in [-0.2, -0.15) is 0 Å². The lowest BCUT2D eigenvalue weighted by Crippen LogP contribution is -2.46. The van der Waals surface area contributed by atoms with E-state index in [9.17, 15) is 9.50 Å². The lowest BCUT2D eigenvalue weighted by atomic mass is 10.0. The lowest BCUT2D eigenvalue weighted by Gasteiger charge is -2.37. The van der Waals surface area contributed by atoms with Crippen LogP contribution in [0.2, 0.25) is 0 Å². The summed E-state index contributed by atoms with van der Waals surface area (Å²) < 4.78 is 16.5. The van der Waals surface area contributed by atoms with E-state index in [1.54, 1.807) is 41.5 Å². The van der Waals surface area contributed by atoms with Crippen LogP contribution in [-0.2, 0) is 13.6 Å². The summed E-state index contributed by atoms with van der Waals surface area (Å²) in [5.41, 5.74) is 2.25. The van der Waals surface area contributed by atoms with Crippen molar-refractivity contribution < 1.29 is 9.50 Å². The summed E-state index contributed by atoms with van der Waals surface area (Å²) in [6.45, 7) is 3.91. The average molecular weight is 381 g/mol. The molecule has 0 unspecified atom stereocenters. The number of nitrogens with zero attached hydrogens (tertiary/aromatic N) is 5. The smallest absolute Gasteiger partial charge is 0.146 e. The third-order valence-electron chi connectivity index (χ3n) is 5.26. The molecule has 0 bridgehead atoms. The van der Waals surface area contributed by atoms with E-state index in [0.29, 0.717) is 30.2 Å². The van der Waals surface area contributed by atoms with Gasteiger partial charge in [0.1, 0.15) is 17.7 Å². The summed E-state index contributed by atoms with van der Waals surface area (Å²) in [5.74, 6) is 0.191. The first-order valence-corrected chi connectivity index (χ1v) is 9.43. The summed E-state index contributed by atoms with van der Waals surface area (Å²) >= 11 is 0. The Kier molecular flexibility index (Phi) is 5.36. The molecule has 0 spiro atoms. The molecule has 0 aliphatic carbocycles. The van der Waals surface area contributed by atoms with Crippen LogP contribution in [-0.4, -0.2) is 50.7 Å². The number of aliphatic hydroxyl groups is 1. The number of halogens is 1. The number of benzene rings is 1. The van der Waals surface area contributed by atoms with Crippen LogP contribution < -0.4 is 4.90 Å². The highest BCUT2D eigenvalue weighted by Gasteiger charge is 2.26. The van der Waals surface area contributed by atoms with Gasteiger partial charge in [-0.1, -0.05) is 12.1 Å². The first-order valence-electron chi connectivity index (χ1n) is 9.43. The van der Waals surface area contributed by atoms with Gasteiger partial charge in [-0.15, -0.1) is 0 Å². The van der Waals surface area contributed by atoms with Gasteiger partial charge >= 0.3 is 0 Å². The minimum atomic E-state index is -0.972. The second-order valence-corrected chi connectivity index (χ2v) is 7.10. The number of para-hydroxylation sites is 1. The second-order valence-electron chi connectivity index (χ2n) is 7.10. The number of aromatic nitrogens is 3. The van der Waals surface area contributed by atoms with Gasteiger partial charge in [0.25, 0.3) is 0 Å². The Morgan fingerprint density at radius 3 is 2.50 bits per heavy atom. The van der Waals surface area contributed by atoms with Gasteiger partial charge in [-0.25, -0.2) is 9.37 Å². The second kappa shape index (κ2) is 8.08. The van der Waals surface area contributed by atoms with Crippen LogP contribution in [0.5, 0.6) is 0 Å². The lowest BCUT2D eigenvalue weighted by molar-refractivity contribution is 0.205. The Hall–Kier alpha value is -2.77. The Balaban J connectivity index is 1.51. The number of piperazine rings is 1. The number of aliphatic hydroxyl groups excluding tert-OH is 1. The van der Waals surface area contributed by atoms with E-state index in [4.69, 9.17) is 0 Å². The van der Waals surface area contributed by atoms with Crippen LogP contribution >= 0.6 is 0 Å². The molecule has 1 atom stereocenters. The van der Waals surface area contributed by atoms with Gasteiger partial charge in [0.2, 0.25) is 0 Å². The molecule has 1 aliphatic rings. The third-order valence-corrected chi connectivity index (χ3v) is 5.26. The highest BCUT2D eigenvalue weighted by Crippen LogP contribution is 2.33. The summed E-state index contributed by atoms with van der Waals surface area (Å²) in [4.78, 5) is 12.7. The van der Waals surface area contributed by atoms with E-state index in [1.807, 2.05) is 24.1 Å². The van der Waals surface area contributed by atoms with E-state index in [-0.39, 0.29) is 5.82 Å². The SMILES string of the molecule is Cn1ccnc1[C@@H](O)c1cccc(F)c1N1CCN(Cc2ccncc2)CC1. The molecule has 1 N–H and O–H groups in total. The van der Waals surface area contributed by atoms with Crippen molar-refractivity contribution in [3.05, 3.63) is 77.9 Å². The molecule has 28 heavy (non-hydrogen) atoms. The number of aryl methyl sites for hydroxylation is 1. The van der Waals surface area contributed by atoms with Crippen LogP contribution in [0.1, 0.15) is 23.1 Å². The molecular formula is C21H24FN5O. The maximum atomic E-state index is 14.8. The van der Waals surface area contributed by atoms with Crippen molar-refractivity contribution in [3.8, 4) is 0 Å². The molecule has 6 nitrogen and oxygen atoms in total. The van der Waals surface area contributed by atoms with Crippen LogP contribution in [0.25, 0.3) is 0 Å². The largest absolute Gasteiger partial charge is 0.380 e. The maximum absolute atomic E-state index is 14.8. The Labute approximate surface area is 163 Å². The first-order chi connectivity index (χ1) is 13.6. The zero-order valence-corrected chi connectivity index (χ0v) is 15.9. The minimum absolute atomic E-state index is 0.312. The standard InChI is InChI=1S/C21H24FN5O/c1-25-10-9-24-21(25)20(28)17-3-2-4-18(22)19(17)27-13-11-26(12-14-27)15-16-5-7-23-8-6-16/h2-10,20,28H,11-15H2,1H3/t20-/m0/s1. The van der Waals surface area contributed by atoms with Crippen molar-refractivity contribution in [2.45, 2.75) is 12.6 Å². The van der Waals surface area contributed by atoms with E-state index in [0.717, 1.165) is 19.6 Å². The molecule has 4 rings (SSSR count). The van der Waals surface area contributed by atoms with Gasteiger partial charge in [-0.3, -0.25) is 9.88 Å². The summed E-state index contributed by atoms with van der Waals surface area (Å²) in [6, 6.07) is 8.91. The molecule has 1 aromatic carbocycles. The predicted molar refractivity (Wildman–Crippen MR) is 105 cm³/mol. The van der Waals surface area contributed by atoms with E-state index < -0.39 is 6.10 Å². The number of rotatable bonds is 5. The summed E-state index contributed by atoms with van der Waals surface area (Å²) in [7, 11) is 1.82. The zero-order chi connectivity index (χ0) is 19.5. The van der Waals surface area contributed by atoms with Crippen LogP contribution in [0.3, 0.4) is 0 Å². The highest BCUT2D eigenvalue weighted by atomic mass is 19.1. The zero-order valence-electron chi connectivity index (χ0n) is 15.9. The quantitative estimate of drug-likeness (QED) is 0.735. The van der Waals surface area contributed by atoms with Crippen molar-refractivity contribution >= 4 is 5.69 Å². The number of anilines is 1. The van der Waals surface area contributed by atoms with Gasteiger partial charge in [0.05, 0.1) is 5.69 Å². The molecule has 0 saturated carbocycles. The Morgan fingerprint density at radius 2 is 1.82 bits per heavy atom. The molecule has 1 aliphatic heterocycles. The Morgan fingerprint density at radius 1 is 1.07 bits per heavy atom. The van der Waals surface area contributed by atoms with Crippen LogP contribution in [0.4, 0.5) is 10.1 Å². The maximum Gasteiger partial charge on any atom is 0.146 e. The predicted octanol–water partition coefficient (Wildman–Crippen LogP) is 2.36. The molecular weight excluding hydrogens is 357 g/mol. The molecule has 3 heterocycles. The molecule has 1 fully saturated rings. The third kappa shape index (κ3) is 3.76. The normalized spacial score (nSPS) is 16.3. The number of pyridine rings is 1. The monoisotopic (exact) mass is 381 g/mol. The Bertz CT molecular complexity index is 922. The fourth-order valence-electron chi connectivity index (χ4n) is 3.74. The molecule has 146 valence electrons. The molecule has 0 amide bonds. The van der Waals surface area contributed by atoms with Gasteiger partial charge in [0, 0.05) is 70.1 Å². The molecule has 2 aromatic heterocycles. The van der Waals surface area contributed by atoms with Crippen molar-refractivity contribution in [1.29, 1.82) is 0 Å². The van der Waals surface area contributed by atoms with Gasteiger partial charge in [-0.05, 0) is 23.8 Å². The topological polar surface area (TPSA) is 57.4 Å². The van der Waals surface area contributed by atoms with E-state index in [2.05, 4.69) is 14.9 Å². The highest BCUT2D eigenvalue weighted by molar-refractivity contribution is 5.57. The van der Waals surface area contributed by atoms with Crippen molar-refractivity contribution in [1.82, 2.24) is 19.4 Å². The fraction of sp³-hybridized carbons (Fsp3) is 0.333. The fourth-order valence-corrected chi connectivity index (χ4v) is 3.74. The van der Waals surface area contributed by atoms with Crippen LogP contribution in [0.15, 0.2) is 55.1 Å².